The van der Waals surface area contributed by atoms with Crippen LogP contribution in [0.4, 0.5) is 10.1 Å². The van der Waals surface area contributed by atoms with E-state index in [0.29, 0.717) is 43.0 Å². The van der Waals surface area contributed by atoms with Gasteiger partial charge in [-0.2, -0.15) is 0 Å². The van der Waals surface area contributed by atoms with Crippen LogP contribution in [-0.2, 0) is 9.53 Å². The zero-order chi connectivity index (χ0) is 20.4. The standard InChI is InChI=1S/C21H23FN4O3/c1-15-18(11-23-14-24-15)20(28)25-9-2-7-21(8-10-25)13-26(19(27)12-29-21)17-5-3-16(22)4-6-17/h3-6,11,14H,2,7-10,12-13H2,1H3. The normalized spacial score (nSPS) is 22.6. The minimum Gasteiger partial charge on any atom is -0.363 e. The first kappa shape index (κ1) is 19.4. The third-order valence-corrected chi connectivity index (χ3v) is 5.71. The highest BCUT2D eigenvalue weighted by atomic mass is 19.1. The number of carbonyl (C=O) groups is 2. The number of carbonyl (C=O) groups excluding carboxylic acids is 2. The molecule has 7 nitrogen and oxygen atoms in total. The fraction of sp³-hybridized carbons (Fsp3) is 0.429. The quantitative estimate of drug-likeness (QED) is 0.776. The van der Waals surface area contributed by atoms with Crippen molar-refractivity contribution in [2.75, 3.05) is 31.1 Å². The molecule has 8 heteroatoms. The second-order valence-corrected chi connectivity index (χ2v) is 7.60. The molecule has 2 aliphatic rings. The van der Waals surface area contributed by atoms with Crippen molar-refractivity contribution in [3.8, 4) is 0 Å². The van der Waals surface area contributed by atoms with E-state index >= 15 is 0 Å². The van der Waals surface area contributed by atoms with Gasteiger partial charge in [0.25, 0.3) is 11.8 Å². The molecule has 1 spiro atoms. The van der Waals surface area contributed by atoms with Gasteiger partial charge in [-0.3, -0.25) is 9.59 Å². The van der Waals surface area contributed by atoms with Crippen molar-refractivity contribution in [2.45, 2.75) is 31.8 Å². The second kappa shape index (κ2) is 7.87. The minimum absolute atomic E-state index is 0.0169. The number of anilines is 1. The van der Waals surface area contributed by atoms with Crippen LogP contribution in [0, 0.1) is 12.7 Å². The molecule has 1 unspecified atom stereocenters. The van der Waals surface area contributed by atoms with Crippen LogP contribution >= 0.6 is 0 Å². The second-order valence-electron chi connectivity index (χ2n) is 7.60. The van der Waals surface area contributed by atoms with Crippen LogP contribution in [0.25, 0.3) is 0 Å². The topological polar surface area (TPSA) is 75.6 Å². The van der Waals surface area contributed by atoms with Crippen molar-refractivity contribution in [3.63, 3.8) is 0 Å². The average molecular weight is 398 g/mol. The van der Waals surface area contributed by atoms with E-state index in [1.165, 1.54) is 18.5 Å². The van der Waals surface area contributed by atoms with E-state index in [0.717, 1.165) is 12.8 Å². The zero-order valence-electron chi connectivity index (χ0n) is 16.3. The van der Waals surface area contributed by atoms with E-state index in [1.807, 2.05) is 4.90 Å². The molecule has 2 aromatic rings. The van der Waals surface area contributed by atoms with Gasteiger partial charge in [-0.1, -0.05) is 0 Å². The molecule has 2 saturated heterocycles. The van der Waals surface area contributed by atoms with Crippen molar-refractivity contribution >= 4 is 17.5 Å². The summed E-state index contributed by atoms with van der Waals surface area (Å²) in [4.78, 5) is 36.9. The van der Waals surface area contributed by atoms with Gasteiger partial charge in [0, 0.05) is 25.0 Å². The molecule has 0 bridgehead atoms. The molecule has 1 aromatic carbocycles. The highest BCUT2D eigenvalue weighted by Gasteiger charge is 2.42. The Balaban J connectivity index is 1.49. The van der Waals surface area contributed by atoms with Gasteiger partial charge in [-0.25, -0.2) is 14.4 Å². The molecule has 152 valence electrons. The number of ether oxygens (including phenoxy) is 1. The smallest absolute Gasteiger partial charge is 0.257 e. The van der Waals surface area contributed by atoms with Crippen LogP contribution in [0.5, 0.6) is 0 Å². The van der Waals surface area contributed by atoms with Crippen LogP contribution in [0.1, 0.15) is 35.3 Å². The Hall–Kier alpha value is -2.87. The lowest BCUT2D eigenvalue weighted by Gasteiger charge is -2.42. The zero-order valence-corrected chi connectivity index (χ0v) is 16.3. The molecular formula is C21H23FN4O3. The number of amides is 2. The summed E-state index contributed by atoms with van der Waals surface area (Å²) in [5.74, 6) is -0.563. The van der Waals surface area contributed by atoms with Crippen molar-refractivity contribution in [1.29, 1.82) is 0 Å². The van der Waals surface area contributed by atoms with Crippen molar-refractivity contribution in [1.82, 2.24) is 14.9 Å². The first-order valence-electron chi connectivity index (χ1n) is 9.73. The summed E-state index contributed by atoms with van der Waals surface area (Å²) in [5.41, 5.74) is 1.31. The van der Waals surface area contributed by atoms with Crippen molar-refractivity contribution in [3.05, 3.63) is 53.9 Å². The van der Waals surface area contributed by atoms with E-state index in [2.05, 4.69) is 9.97 Å². The van der Waals surface area contributed by atoms with Gasteiger partial charge in [0.2, 0.25) is 0 Å². The predicted molar refractivity (Wildman–Crippen MR) is 104 cm³/mol. The maximum Gasteiger partial charge on any atom is 0.257 e. The summed E-state index contributed by atoms with van der Waals surface area (Å²) in [5, 5.41) is 0. The molecule has 0 N–H and O–H groups in total. The number of hydrogen-bond acceptors (Lipinski definition) is 5. The summed E-state index contributed by atoms with van der Waals surface area (Å²) < 4.78 is 19.3. The Bertz CT molecular complexity index is 920. The number of benzene rings is 1. The van der Waals surface area contributed by atoms with E-state index in [1.54, 1.807) is 30.2 Å². The molecule has 2 fully saturated rings. The summed E-state index contributed by atoms with van der Waals surface area (Å²) >= 11 is 0. The molecule has 0 aliphatic carbocycles. The van der Waals surface area contributed by atoms with Gasteiger partial charge in [0.05, 0.1) is 23.4 Å². The molecule has 1 atom stereocenters. The Labute approximate surface area is 168 Å². The largest absolute Gasteiger partial charge is 0.363 e. The minimum atomic E-state index is -0.514. The van der Waals surface area contributed by atoms with Crippen molar-refractivity contribution < 1.29 is 18.7 Å². The summed E-state index contributed by atoms with van der Waals surface area (Å²) in [6.45, 7) is 3.32. The Morgan fingerprint density at radius 3 is 2.76 bits per heavy atom. The first-order chi connectivity index (χ1) is 14.0. The molecule has 2 aliphatic heterocycles. The number of hydrogen-bond donors (Lipinski definition) is 0. The van der Waals surface area contributed by atoms with Gasteiger partial charge in [-0.05, 0) is 50.5 Å². The third-order valence-electron chi connectivity index (χ3n) is 5.71. The average Bonchev–Trinajstić information content (AvgIpc) is 2.93. The summed E-state index contributed by atoms with van der Waals surface area (Å²) in [6, 6.07) is 5.92. The molecule has 3 heterocycles. The van der Waals surface area contributed by atoms with E-state index in [9.17, 15) is 14.0 Å². The molecule has 4 rings (SSSR count). The van der Waals surface area contributed by atoms with Crippen LogP contribution in [0.3, 0.4) is 0 Å². The summed E-state index contributed by atoms with van der Waals surface area (Å²) in [6.07, 6.45) is 5.12. The van der Waals surface area contributed by atoms with Gasteiger partial charge in [-0.15, -0.1) is 0 Å². The number of halogens is 1. The Morgan fingerprint density at radius 1 is 1.21 bits per heavy atom. The number of aryl methyl sites for hydroxylation is 1. The van der Waals surface area contributed by atoms with E-state index in [-0.39, 0.29) is 24.2 Å². The van der Waals surface area contributed by atoms with E-state index in [4.69, 9.17) is 4.74 Å². The lowest BCUT2D eigenvalue weighted by Crippen LogP contribution is -2.55. The monoisotopic (exact) mass is 398 g/mol. The molecule has 2 amide bonds. The maximum atomic E-state index is 13.3. The lowest BCUT2D eigenvalue weighted by molar-refractivity contribution is -0.140. The lowest BCUT2D eigenvalue weighted by atomic mass is 9.92. The Kier molecular flexibility index (Phi) is 5.27. The predicted octanol–water partition coefficient (Wildman–Crippen LogP) is 2.35. The van der Waals surface area contributed by atoms with Gasteiger partial charge >= 0.3 is 0 Å². The van der Waals surface area contributed by atoms with Crippen LogP contribution < -0.4 is 4.90 Å². The molecular weight excluding hydrogens is 375 g/mol. The highest BCUT2D eigenvalue weighted by molar-refractivity contribution is 5.95. The Morgan fingerprint density at radius 2 is 2.00 bits per heavy atom. The summed E-state index contributed by atoms with van der Waals surface area (Å²) in [7, 11) is 0. The molecule has 29 heavy (non-hydrogen) atoms. The fourth-order valence-electron chi connectivity index (χ4n) is 4.02. The molecule has 1 aromatic heterocycles. The van der Waals surface area contributed by atoms with E-state index < -0.39 is 5.60 Å². The molecule has 0 saturated carbocycles. The number of aromatic nitrogens is 2. The third kappa shape index (κ3) is 3.98. The fourth-order valence-corrected chi connectivity index (χ4v) is 4.02. The van der Waals surface area contributed by atoms with Crippen LogP contribution in [-0.4, -0.2) is 58.5 Å². The van der Waals surface area contributed by atoms with Gasteiger partial charge < -0.3 is 14.5 Å². The number of rotatable bonds is 2. The van der Waals surface area contributed by atoms with Crippen molar-refractivity contribution in [2.24, 2.45) is 0 Å². The van der Waals surface area contributed by atoms with Crippen LogP contribution in [0.15, 0.2) is 36.8 Å². The van der Waals surface area contributed by atoms with Gasteiger partial charge in [0.15, 0.2) is 0 Å². The van der Waals surface area contributed by atoms with Crippen LogP contribution in [0.2, 0.25) is 0 Å². The SMILES string of the molecule is Cc1ncncc1C(=O)N1CCCC2(CC1)CN(c1ccc(F)cc1)C(=O)CO2. The molecule has 0 radical (unpaired) electrons. The maximum absolute atomic E-state index is 13.3. The number of likely N-dealkylation sites (tertiary alicyclic amines) is 1. The first-order valence-corrected chi connectivity index (χ1v) is 9.73. The number of morpholine rings is 1. The van der Waals surface area contributed by atoms with Gasteiger partial charge in [0.1, 0.15) is 18.8 Å². The highest BCUT2D eigenvalue weighted by Crippen LogP contribution is 2.33. The number of nitrogens with zero attached hydrogens (tertiary/aromatic N) is 4.